The van der Waals surface area contributed by atoms with Crippen molar-refractivity contribution in [1.29, 1.82) is 0 Å². The van der Waals surface area contributed by atoms with E-state index in [0.717, 1.165) is 16.8 Å². The van der Waals surface area contributed by atoms with Crippen LogP contribution < -0.4 is 5.69 Å². The van der Waals surface area contributed by atoms with Gasteiger partial charge in [0.25, 0.3) is 0 Å². The molecule has 15 heavy (non-hydrogen) atoms. The third-order valence-corrected chi connectivity index (χ3v) is 1.87. The van der Waals surface area contributed by atoms with Gasteiger partial charge in [0.05, 0.1) is 0 Å². The van der Waals surface area contributed by atoms with E-state index in [4.69, 9.17) is 0 Å². The Bertz CT molecular complexity index is 540. The van der Waals surface area contributed by atoms with Gasteiger partial charge >= 0.3 is 5.69 Å². The van der Waals surface area contributed by atoms with Crippen LogP contribution in [0.5, 0.6) is 0 Å². The van der Waals surface area contributed by atoms with Crippen molar-refractivity contribution in [3.05, 3.63) is 40.3 Å². The van der Waals surface area contributed by atoms with Gasteiger partial charge in [0, 0.05) is 7.05 Å². The zero-order valence-corrected chi connectivity index (χ0v) is 7.69. The smallest absolute Gasteiger partial charge is 0.244 e. The molecule has 0 spiro atoms. The maximum absolute atomic E-state index is 13.2. The second kappa shape index (κ2) is 3.26. The van der Waals surface area contributed by atoms with Crippen molar-refractivity contribution in [2.24, 2.45) is 7.05 Å². The van der Waals surface area contributed by atoms with Crippen molar-refractivity contribution in [3.8, 4) is 5.69 Å². The van der Waals surface area contributed by atoms with Crippen LogP contribution in [0.25, 0.3) is 5.69 Å². The highest BCUT2D eigenvalue weighted by atomic mass is 19.1. The summed E-state index contributed by atoms with van der Waals surface area (Å²) in [5.41, 5.74) is -1.23. The molecule has 2 rings (SSSR count). The molecular formula is C8H6F2N4O. The Labute approximate surface area is 82.5 Å². The minimum absolute atomic E-state index is 0.518. The SMILES string of the molecule is Cn1nnn(-c2c(F)cccc2F)c1=O. The minimum atomic E-state index is -0.863. The first-order valence-corrected chi connectivity index (χ1v) is 4.04. The van der Waals surface area contributed by atoms with Crippen LogP contribution in [0, 0.1) is 11.6 Å². The van der Waals surface area contributed by atoms with E-state index >= 15 is 0 Å². The summed E-state index contributed by atoms with van der Waals surface area (Å²) in [6, 6.07) is 3.29. The number of hydrogen-bond acceptors (Lipinski definition) is 3. The van der Waals surface area contributed by atoms with Gasteiger partial charge < -0.3 is 0 Å². The Kier molecular flexibility index (Phi) is 2.07. The van der Waals surface area contributed by atoms with Crippen molar-refractivity contribution >= 4 is 0 Å². The third-order valence-electron chi connectivity index (χ3n) is 1.87. The summed E-state index contributed by atoms with van der Waals surface area (Å²) in [4.78, 5) is 11.3. The van der Waals surface area contributed by atoms with E-state index in [-0.39, 0.29) is 0 Å². The van der Waals surface area contributed by atoms with E-state index in [9.17, 15) is 13.6 Å². The highest BCUT2D eigenvalue weighted by molar-refractivity contribution is 5.33. The van der Waals surface area contributed by atoms with E-state index in [1.165, 1.54) is 13.1 Å². The van der Waals surface area contributed by atoms with Crippen LogP contribution in [-0.2, 0) is 7.05 Å². The average molecular weight is 212 g/mol. The molecule has 5 nitrogen and oxygen atoms in total. The van der Waals surface area contributed by atoms with Crippen LogP contribution in [-0.4, -0.2) is 19.8 Å². The van der Waals surface area contributed by atoms with Gasteiger partial charge in [-0.2, -0.15) is 9.36 Å². The van der Waals surface area contributed by atoms with Crippen molar-refractivity contribution in [3.63, 3.8) is 0 Å². The number of hydrogen-bond donors (Lipinski definition) is 0. The highest BCUT2D eigenvalue weighted by Crippen LogP contribution is 2.13. The number of benzene rings is 1. The second-order valence-electron chi connectivity index (χ2n) is 2.87. The molecule has 0 amide bonds. The lowest BCUT2D eigenvalue weighted by molar-refractivity contribution is 0.553. The Morgan fingerprint density at radius 2 is 1.80 bits per heavy atom. The maximum atomic E-state index is 13.2. The van der Waals surface area contributed by atoms with Crippen LogP contribution in [0.1, 0.15) is 0 Å². The van der Waals surface area contributed by atoms with E-state index in [1.807, 2.05) is 0 Å². The molecule has 1 aromatic carbocycles. The van der Waals surface area contributed by atoms with Crippen LogP contribution >= 0.6 is 0 Å². The summed E-state index contributed by atoms with van der Waals surface area (Å²) >= 11 is 0. The first kappa shape index (κ1) is 9.50. The van der Waals surface area contributed by atoms with Gasteiger partial charge in [-0.3, -0.25) is 0 Å². The lowest BCUT2D eigenvalue weighted by Crippen LogP contribution is -2.23. The quantitative estimate of drug-likeness (QED) is 0.680. The summed E-state index contributed by atoms with van der Waals surface area (Å²) in [6.45, 7) is 0. The summed E-state index contributed by atoms with van der Waals surface area (Å²) in [6.07, 6.45) is 0. The molecular weight excluding hydrogens is 206 g/mol. The number of tetrazole rings is 1. The van der Waals surface area contributed by atoms with Gasteiger partial charge in [-0.05, 0) is 22.6 Å². The van der Waals surface area contributed by atoms with Gasteiger partial charge in [0.1, 0.15) is 5.69 Å². The lowest BCUT2D eigenvalue weighted by atomic mass is 10.3. The van der Waals surface area contributed by atoms with E-state index < -0.39 is 23.0 Å². The molecule has 0 fully saturated rings. The maximum Gasteiger partial charge on any atom is 0.368 e. The molecule has 0 aliphatic heterocycles. The Morgan fingerprint density at radius 1 is 1.20 bits per heavy atom. The van der Waals surface area contributed by atoms with Gasteiger partial charge in [-0.15, -0.1) is 0 Å². The predicted octanol–water partition coefficient (Wildman–Crippen LogP) is 0.244. The monoisotopic (exact) mass is 212 g/mol. The van der Waals surface area contributed by atoms with Crippen molar-refractivity contribution in [2.75, 3.05) is 0 Å². The first-order chi connectivity index (χ1) is 7.11. The molecule has 1 aromatic heterocycles. The molecule has 1 heterocycles. The molecule has 0 unspecified atom stereocenters. The molecule has 2 aromatic rings. The van der Waals surface area contributed by atoms with Crippen LogP contribution in [0.4, 0.5) is 8.78 Å². The van der Waals surface area contributed by atoms with Crippen molar-refractivity contribution in [1.82, 2.24) is 19.8 Å². The lowest BCUT2D eigenvalue weighted by Gasteiger charge is -2.00. The van der Waals surface area contributed by atoms with Gasteiger partial charge in [0.15, 0.2) is 11.6 Å². The van der Waals surface area contributed by atoms with Crippen LogP contribution in [0.2, 0.25) is 0 Å². The topological polar surface area (TPSA) is 52.7 Å². The minimum Gasteiger partial charge on any atom is -0.244 e. The fourth-order valence-corrected chi connectivity index (χ4v) is 1.15. The highest BCUT2D eigenvalue weighted by Gasteiger charge is 2.15. The van der Waals surface area contributed by atoms with Gasteiger partial charge in [0.2, 0.25) is 0 Å². The van der Waals surface area contributed by atoms with E-state index in [1.54, 1.807) is 0 Å². The Balaban J connectivity index is 2.75. The fraction of sp³-hybridized carbons (Fsp3) is 0.125. The number of aryl methyl sites for hydroxylation is 1. The predicted molar refractivity (Wildman–Crippen MR) is 46.5 cm³/mol. The van der Waals surface area contributed by atoms with Gasteiger partial charge in [-0.25, -0.2) is 13.6 Å². The molecule has 0 saturated carbocycles. The Morgan fingerprint density at radius 3 is 2.27 bits per heavy atom. The molecule has 0 aliphatic carbocycles. The number of aromatic nitrogens is 4. The average Bonchev–Trinajstić information content (AvgIpc) is 2.49. The normalized spacial score (nSPS) is 10.6. The Hall–Kier alpha value is -2.05. The largest absolute Gasteiger partial charge is 0.368 e. The zero-order valence-electron chi connectivity index (χ0n) is 7.69. The summed E-state index contributed by atoms with van der Waals surface area (Å²) in [7, 11) is 1.34. The van der Waals surface area contributed by atoms with E-state index in [2.05, 4.69) is 10.4 Å². The molecule has 7 heteroatoms. The number of halogens is 2. The molecule has 0 bridgehead atoms. The summed E-state index contributed by atoms with van der Waals surface area (Å²) in [5.74, 6) is -1.73. The second-order valence-corrected chi connectivity index (χ2v) is 2.87. The molecule has 0 atom stereocenters. The van der Waals surface area contributed by atoms with Crippen LogP contribution in [0.3, 0.4) is 0 Å². The standard InChI is InChI=1S/C8H6F2N4O/c1-13-8(15)14(12-11-13)7-5(9)3-2-4-6(7)10/h2-4H,1H3. The molecule has 0 N–H and O–H groups in total. The first-order valence-electron chi connectivity index (χ1n) is 4.04. The molecule has 78 valence electrons. The van der Waals surface area contributed by atoms with Crippen molar-refractivity contribution in [2.45, 2.75) is 0 Å². The van der Waals surface area contributed by atoms with Crippen molar-refractivity contribution < 1.29 is 8.78 Å². The third kappa shape index (κ3) is 1.41. The van der Waals surface area contributed by atoms with Gasteiger partial charge in [-0.1, -0.05) is 6.07 Å². The number of nitrogens with zero attached hydrogens (tertiary/aromatic N) is 4. The fourth-order valence-electron chi connectivity index (χ4n) is 1.15. The zero-order chi connectivity index (χ0) is 11.0. The summed E-state index contributed by atoms with van der Waals surface area (Å²) < 4.78 is 28.0. The summed E-state index contributed by atoms with van der Waals surface area (Å²) in [5, 5.41) is 6.70. The molecule has 0 radical (unpaired) electrons. The number of para-hydroxylation sites is 1. The van der Waals surface area contributed by atoms with Crippen LogP contribution in [0.15, 0.2) is 23.0 Å². The van der Waals surface area contributed by atoms with E-state index in [0.29, 0.717) is 4.68 Å². The molecule has 0 saturated heterocycles. The molecule has 0 aliphatic rings. The number of rotatable bonds is 1.